The summed E-state index contributed by atoms with van der Waals surface area (Å²) in [6.45, 7) is 4.86. The maximum absolute atomic E-state index is 9.61. The molecule has 2 rings (SSSR count). The minimum atomic E-state index is 0.118. The number of para-hydroxylation sites is 2. The van der Waals surface area contributed by atoms with Gasteiger partial charge in [-0.1, -0.05) is 23.7 Å². The van der Waals surface area contributed by atoms with Crippen molar-refractivity contribution in [1.29, 1.82) is 0 Å². The van der Waals surface area contributed by atoms with Gasteiger partial charge in [0.15, 0.2) is 11.5 Å². The molecule has 0 unspecified atom stereocenters. The zero-order chi connectivity index (χ0) is 13.1. The van der Waals surface area contributed by atoms with E-state index in [2.05, 4.69) is 5.10 Å². The van der Waals surface area contributed by atoms with Crippen molar-refractivity contribution in [2.75, 3.05) is 0 Å². The lowest BCUT2D eigenvalue weighted by molar-refractivity contribution is 0.277. The molecule has 0 radical (unpaired) electrons. The zero-order valence-corrected chi connectivity index (χ0v) is 11.1. The standard InChI is InChI=1S/C13H15ClN2O2/c1-3-16-10(13(14)9(2)15-16)8-18-12-7-5-4-6-11(12)17/h4-7,17H,3,8H2,1-2H3. The van der Waals surface area contributed by atoms with E-state index in [4.69, 9.17) is 16.3 Å². The van der Waals surface area contributed by atoms with E-state index < -0.39 is 0 Å². The molecule has 1 N–H and O–H groups in total. The van der Waals surface area contributed by atoms with Crippen LogP contribution < -0.4 is 4.74 Å². The molecule has 2 aromatic rings. The molecular formula is C13H15ClN2O2. The maximum atomic E-state index is 9.61. The second kappa shape index (κ2) is 5.31. The largest absolute Gasteiger partial charge is 0.504 e. The predicted octanol–water partition coefficient (Wildman–Crippen LogP) is 3.15. The second-order valence-electron chi connectivity index (χ2n) is 3.92. The van der Waals surface area contributed by atoms with Crippen molar-refractivity contribution in [1.82, 2.24) is 9.78 Å². The third-order valence-electron chi connectivity index (χ3n) is 2.68. The molecule has 18 heavy (non-hydrogen) atoms. The third kappa shape index (κ3) is 2.43. The number of phenolic OH excluding ortho intramolecular Hbond substituents is 1. The molecule has 0 bridgehead atoms. The van der Waals surface area contributed by atoms with Crippen molar-refractivity contribution in [2.45, 2.75) is 27.0 Å². The lowest BCUT2D eigenvalue weighted by Crippen LogP contribution is -2.06. The first-order valence-corrected chi connectivity index (χ1v) is 6.13. The molecule has 0 fully saturated rings. The number of rotatable bonds is 4. The van der Waals surface area contributed by atoms with E-state index in [1.165, 1.54) is 0 Å². The van der Waals surface area contributed by atoms with Gasteiger partial charge in [-0.05, 0) is 26.0 Å². The monoisotopic (exact) mass is 266 g/mol. The summed E-state index contributed by atoms with van der Waals surface area (Å²) in [7, 11) is 0. The number of phenols is 1. The number of aromatic hydroxyl groups is 1. The molecule has 0 amide bonds. The highest BCUT2D eigenvalue weighted by Crippen LogP contribution is 2.27. The lowest BCUT2D eigenvalue weighted by atomic mass is 10.3. The maximum Gasteiger partial charge on any atom is 0.161 e. The van der Waals surface area contributed by atoms with Gasteiger partial charge in [-0.15, -0.1) is 0 Å². The van der Waals surface area contributed by atoms with E-state index in [1.54, 1.807) is 28.9 Å². The highest BCUT2D eigenvalue weighted by atomic mass is 35.5. The van der Waals surface area contributed by atoms with E-state index in [1.807, 2.05) is 13.8 Å². The Hall–Kier alpha value is -1.68. The van der Waals surface area contributed by atoms with E-state index in [0.29, 0.717) is 10.8 Å². The van der Waals surface area contributed by atoms with Crippen LogP contribution in [0.15, 0.2) is 24.3 Å². The van der Waals surface area contributed by atoms with Crippen LogP contribution in [0, 0.1) is 6.92 Å². The normalized spacial score (nSPS) is 10.6. The number of aryl methyl sites for hydroxylation is 2. The van der Waals surface area contributed by atoms with Crippen LogP contribution in [-0.4, -0.2) is 14.9 Å². The number of aromatic nitrogens is 2. The molecule has 0 aliphatic heterocycles. The van der Waals surface area contributed by atoms with E-state index >= 15 is 0 Å². The van der Waals surface area contributed by atoms with E-state index in [9.17, 15) is 5.11 Å². The molecule has 0 saturated carbocycles. The first-order chi connectivity index (χ1) is 8.63. The Kier molecular flexibility index (Phi) is 3.77. The molecule has 96 valence electrons. The Bertz CT molecular complexity index is 552. The minimum absolute atomic E-state index is 0.118. The zero-order valence-electron chi connectivity index (χ0n) is 10.4. The molecule has 0 saturated heterocycles. The van der Waals surface area contributed by atoms with Crippen molar-refractivity contribution in [3.63, 3.8) is 0 Å². The van der Waals surface area contributed by atoms with Crippen molar-refractivity contribution in [3.05, 3.63) is 40.7 Å². The highest BCUT2D eigenvalue weighted by Gasteiger charge is 2.13. The first kappa shape index (κ1) is 12.8. The van der Waals surface area contributed by atoms with Gasteiger partial charge in [-0.3, -0.25) is 4.68 Å². The fraction of sp³-hybridized carbons (Fsp3) is 0.308. The number of nitrogens with zero attached hydrogens (tertiary/aromatic N) is 2. The summed E-state index contributed by atoms with van der Waals surface area (Å²) in [6, 6.07) is 6.84. The molecule has 0 atom stereocenters. The smallest absolute Gasteiger partial charge is 0.161 e. The van der Waals surface area contributed by atoms with E-state index in [-0.39, 0.29) is 12.4 Å². The Labute approximate surface area is 111 Å². The van der Waals surface area contributed by atoms with Crippen LogP contribution in [0.2, 0.25) is 5.02 Å². The third-order valence-corrected chi connectivity index (χ3v) is 3.17. The fourth-order valence-corrected chi connectivity index (χ4v) is 1.92. The van der Waals surface area contributed by atoms with Crippen LogP contribution >= 0.6 is 11.6 Å². The van der Waals surface area contributed by atoms with Gasteiger partial charge in [0.05, 0.1) is 16.4 Å². The summed E-state index contributed by atoms with van der Waals surface area (Å²) >= 11 is 6.17. The van der Waals surface area contributed by atoms with Crippen molar-refractivity contribution in [2.24, 2.45) is 0 Å². The van der Waals surface area contributed by atoms with Crippen molar-refractivity contribution >= 4 is 11.6 Å². The van der Waals surface area contributed by atoms with Gasteiger partial charge in [0.2, 0.25) is 0 Å². The molecule has 5 heteroatoms. The predicted molar refractivity (Wildman–Crippen MR) is 70.1 cm³/mol. The Balaban J connectivity index is 2.18. The Morgan fingerprint density at radius 1 is 1.39 bits per heavy atom. The molecule has 0 spiro atoms. The van der Waals surface area contributed by atoms with Crippen LogP contribution in [0.4, 0.5) is 0 Å². The average molecular weight is 267 g/mol. The van der Waals surface area contributed by atoms with Gasteiger partial charge in [-0.2, -0.15) is 5.10 Å². The van der Waals surface area contributed by atoms with Crippen LogP contribution in [0.1, 0.15) is 18.3 Å². The minimum Gasteiger partial charge on any atom is -0.504 e. The van der Waals surface area contributed by atoms with Gasteiger partial charge < -0.3 is 9.84 Å². The Morgan fingerprint density at radius 2 is 2.11 bits per heavy atom. The van der Waals surface area contributed by atoms with Crippen LogP contribution in [0.3, 0.4) is 0 Å². The summed E-state index contributed by atoms with van der Waals surface area (Å²) in [4.78, 5) is 0. The molecule has 1 aromatic carbocycles. The number of ether oxygens (including phenoxy) is 1. The molecule has 1 aromatic heterocycles. The van der Waals surface area contributed by atoms with Crippen LogP contribution in [0.25, 0.3) is 0 Å². The highest BCUT2D eigenvalue weighted by molar-refractivity contribution is 6.31. The number of hydrogen-bond donors (Lipinski definition) is 1. The summed E-state index contributed by atoms with van der Waals surface area (Å²) in [5.41, 5.74) is 1.61. The topological polar surface area (TPSA) is 47.3 Å². The molecular weight excluding hydrogens is 252 g/mol. The summed E-state index contributed by atoms with van der Waals surface area (Å²) in [6.07, 6.45) is 0. The summed E-state index contributed by atoms with van der Waals surface area (Å²) in [5.74, 6) is 0.558. The van der Waals surface area contributed by atoms with Gasteiger partial charge in [-0.25, -0.2) is 0 Å². The van der Waals surface area contributed by atoms with Crippen molar-refractivity contribution in [3.8, 4) is 11.5 Å². The quantitative estimate of drug-likeness (QED) is 0.925. The lowest BCUT2D eigenvalue weighted by Gasteiger charge is -2.09. The molecule has 0 aliphatic carbocycles. The van der Waals surface area contributed by atoms with Crippen molar-refractivity contribution < 1.29 is 9.84 Å². The summed E-state index contributed by atoms with van der Waals surface area (Å²) in [5, 5.41) is 14.5. The fourth-order valence-electron chi connectivity index (χ4n) is 1.73. The molecule has 1 heterocycles. The number of benzene rings is 1. The van der Waals surface area contributed by atoms with E-state index in [0.717, 1.165) is 17.9 Å². The summed E-state index contributed by atoms with van der Waals surface area (Å²) < 4.78 is 7.37. The van der Waals surface area contributed by atoms with Crippen LogP contribution in [0.5, 0.6) is 11.5 Å². The van der Waals surface area contributed by atoms with Crippen LogP contribution in [-0.2, 0) is 13.2 Å². The number of hydrogen-bond acceptors (Lipinski definition) is 3. The SMILES string of the molecule is CCn1nc(C)c(Cl)c1COc1ccccc1O. The first-order valence-electron chi connectivity index (χ1n) is 5.76. The van der Waals surface area contributed by atoms with Gasteiger partial charge in [0, 0.05) is 6.54 Å². The molecule has 4 nitrogen and oxygen atoms in total. The molecule has 0 aliphatic rings. The van der Waals surface area contributed by atoms with Gasteiger partial charge in [0.1, 0.15) is 6.61 Å². The average Bonchev–Trinajstić information content (AvgIpc) is 2.65. The Morgan fingerprint density at radius 3 is 2.78 bits per heavy atom. The van der Waals surface area contributed by atoms with Gasteiger partial charge >= 0.3 is 0 Å². The number of halogens is 1. The van der Waals surface area contributed by atoms with Gasteiger partial charge in [0.25, 0.3) is 0 Å². The second-order valence-corrected chi connectivity index (χ2v) is 4.30.